The van der Waals surface area contributed by atoms with Crippen molar-refractivity contribution in [1.29, 1.82) is 0 Å². The largest absolute Gasteiger partial charge is 0.480 e. The SMILES string of the molecule is C=C(C)CS(=O)(=O)N[C@H](CC(C)C)C(=O)O. The fourth-order valence-electron chi connectivity index (χ4n) is 1.25. The minimum absolute atomic E-state index is 0.105. The lowest BCUT2D eigenvalue weighted by Crippen LogP contribution is -2.42. The molecule has 6 heteroatoms. The lowest BCUT2D eigenvalue weighted by Gasteiger charge is -2.16. The van der Waals surface area contributed by atoms with E-state index >= 15 is 0 Å². The predicted octanol–water partition coefficient (Wildman–Crippen LogP) is 0.981. The van der Waals surface area contributed by atoms with Crippen molar-refractivity contribution in [3.05, 3.63) is 12.2 Å². The minimum Gasteiger partial charge on any atom is -0.480 e. The standard InChI is InChI=1S/C10H19NO4S/c1-7(2)5-9(10(12)13)11-16(14,15)6-8(3)4/h7,9,11H,3,5-6H2,1-2,4H3,(H,12,13)/t9-/m1/s1. The Morgan fingerprint density at radius 3 is 2.25 bits per heavy atom. The van der Waals surface area contributed by atoms with Gasteiger partial charge in [-0.15, -0.1) is 0 Å². The number of hydrogen-bond acceptors (Lipinski definition) is 3. The predicted molar refractivity (Wildman–Crippen MR) is 62.6 cm³/mol. The van der Waals surface area contributed by atoms with E-state index in [2.05, 4.69) is 11.3 Å². The first-order chi connectivity index (χ1) is 7.14. The van der Waals surface area contributed by atoms with Gasteiger partial charge in [0, 0.05) is 0 Å². The van der Waals surface area contributed by atoms with Crippen LogP contribution in [-0.2, 0) is 14.8 Å². The molecular weight excluding hydrogens is 230 g/mol. The van der Waals surface area contributed by atoms with Gasteiger partial charge in [-0.05, 0) is 19.3 Å². The number of carboxylic acid groups (broad SMARTS) is 1. The summed E-state index contributed by atoms with van der Waals surface area (Å²) in [4.78, 5) is 10.8. The lowest BCUT2D eigenvalue weighted by atomic mass is 10.1. The molecule has 0 aliphatic rings. The van der Waals surface area contributed by atoms with Crippen LogP contribution in [0.5, 0.6) is 0 Å². The molecule has 0 aromatic heterocycles. The van der Waals surface area contributed by atoms with Crippen molar-refractivity contribution in [2.45, 2.75) is 33.2 Å². The molecule has 16 heavy (non-hydrogen) atoms. The molecule has 0 unspecified atom stereocenters. The maximum Gasteiger partial charge on any atom is 0.321 e. The van der Waals surface area contributed by atoms with E-state index in [0.717, 1.165) is 0 Å². The second kappa shape index (κ2) is 6.00. The normalized spacial score (nSPS) is 13.8. The molecule has 0 aromatic rings. The summed E-state index contributed by atoms with van der Waals surface area (Å²) in [6.45, 7) is 8.74. The van der Waals surface area contributed by atoms with Crippen molar-refractivity contribution in [3.63, 3.8) is 0 Å². The molecule has 0 saturated carbocycles. The van der Waals surface area contributed by atoms with Crippen LogP contribution >= 0.6 is 0 Å². The highest BCUT2D eigenvalue weighted by atomic mass is 32.2. The van der Waals surface area contributed by atoms with E-state index in [4.69, 9.17) is 5.11 Å². The van der Waals surface area contributed by atoms with Crippen LogP contribution in [0.15, 0.2) is 12.2 Å². The molecule has 94 valence electrons. The van der Waals surface area contributed by atoms with Gasteiger partial charge in [0.15, 0.2) is 0 Å². The highest BCUT2D eigenvalue weighted by molar-refractivity contribution is 7.89. The zero-order valence-electron chi connectivity index (χ0n) is 9.86. The van der Waals surface area contributed by atoms with E-state index in [1.54, 1.807) is 6.92 Å². The number of nitrogens with one attached hydrogen (secondary N) is 1. The van der Waals surface area contributed by atoms with Crippen LogP contribution in [0.1, 0.15) is 27.2 Å². The van der Waals surface area contributed by atoms with Gasteiger partial charge in [0.05, 0.1) is 5.75 Å². The molecule has 0 heterocycles. The molecular formula is C10H19NO4S. The number of carbonyl (C=O) groups is 1. The third kappa shape index (κ3) is 6.58. The molecule has 0 aliphatic heterocycles. The summed E-state index contributed by atoms with van der Waals surface area (Å²) in [6.07, 6.45) is 0.269. The van der Waals surface area contributed by atoms with Gasteiger partial charge >= 0.3 is 5.97 Å². The molecule has 2 N–H and O–H groups in total. The molecule has 0 aliphatic carbocycles. The molecule has 0 amide bonds. The Bertz CT molecular complexity index is 359. The average Bonchev–Trinajstić information content (AvgIpc) is 1.98. The van der Waals surface area contributed by atoms with Crippen LogP contribution < -0.4 is 4.72 Å². The summed E-state index contributed by atoms with van der Waals surface area (Å²) < 4.78 is 25.2. The van der Waals surface area contributed by atoms with E-state index < -0.39 is 22.0 Å². The highest BCUT2D eigenvalue weighted by Crippen LogP contribution is 2.07. The van der Waals surface area contributed by atoms with E-state index in [1.807, 2.05) is 13.8 Å². The second-order valence-electron chi connectivity index (χ2n) is 4.35. The first kappa shape index (κ1) is 15.1. The highest BCUT2D eigenvalue weighted by Gasteiger charge is 2.24. The summed E-state index contributed by atoms with van der Waals surface area (Å²) in [5.74, 6) is -1.29. The molecule has 0 bridgehead atoms. The maximum atomic E-state index is 11.5. The van der Waals surface area contributed by atoms with E-state index in [9.17, 15) is 13.2 Å². The summed E-state index contributed by atoms with van der Waals surface area (Å²) in [7, 11) is -3.60. The topological polar surface area (TPSA) is 83.5 Å². The minimum atomic E-state index is -3.60. The van der Waals surface area contributed by atoms with E-state index in [0.29, 0.717) is 5.57 Å². The Morgan fingerprint density at radius 2 is 1.94 bits per heavy atom. The summed E-state index contributed by atoms with van der Waals surface area (Å²) in [6, 6.07) is -1.07. The summed E-state index contributed by atoms with van der Waals surface area (Å²) >= 11 is 0. The van der Waals surface area contributed by atoms with Crippen molar-refractivity contribution in [3.8, 4) is 0 Å². The van der Waals surface area contributed by atoms with E-state index in [1.165, 1.54) is 0 Å². The van der Waals surface area contributed by atoms with Gasteiger partial charge in [-0.25, -0.2) is 13.1 Å². The Hall–Kier alpha value is -0.880. The number of hydrogen-bond donors (Lipinski definition) is 2. The van der Waals surface area contributed by atoms with Gasteiger partial charge in [-0.1, -0.05) is 26.0 Å². The van der Waals surface area contributed by atoms with Crippen molar-refractivity contribution in [2.24, 2.45) is 5.92 Å². The first-order valence-electron chi connectivity index (χ1n) is 5.01. The fourth-order valence-corrected chi connectivity index (χ4v) is 2.62. The Morgan fingerprint density at radius 1 is 1.44 bits per heavy atom. The average molecular weight is 249 g/mol. The van der Waals surface area contributed by atoms with Crippen LogP contribution in [0.25, 0.3) is 0 Å². The van der Waals surface area contributed by atoms with Crippen LogP contribution in [-0.4, -0.2) is 31.3 Å². The third-order valence-electron chi connectivity index (χ3n) is 1.76. The quantitative estimate of drug-likeness (QED) is 0.659. The Balaban J connectivity index is 4.63. The molecule has 0 saturated heterocycles. The molecule has 0 aromatic carbocycles. The molecule has 0 fully saturated rings. The van der Waals surface area contributed by atoms with Gasteiger partial charge in [-0.2, -0.15) is 0 Å². The number of aliphatic carboxylic acids is 1. The van der Waals surface area contributed by atoms with Crippen molar-refractivity contribution in [2.75, 3.05) is 5.75 Å². The van der Waals surface area contributed by atoms with Crippen LogP contribution in [0, 0.1) is 5.92 Å². The van der Waals surface area contributed by atoms with Crippen LogP contribution in [0.2, 0.25) is 0 Å². The van der Waals surface area contributed by atoms with Crippen molar-refractivity contribution in [1.82, 2.24) is 4.72 Å². The van der Waals surface area contributed by atoms with E-state index in [-0.39, 0.29) is 18.1 Å². The Labute approximate surface area is 96.6 Å². The molecule has 0 spiro atoms. The van der Waals surface area contributed by atoms with Gasteiger partial charge in [-0.3, -0.25) is 4.79 Å². The Kier molecular flexibility index (Phi) is 5.67. The van der Waals surface area contributed by atoms with Crippen LogP contribution in [0.3, 0.4) is 0 Å². The second-order valence-corrected chi connectivity index (χ2v) is 6.11. The van der Waals surface area contributed by atoms with Gasteiger partial charge < -0.3 is 5.11 Å². The zero-order chi connectivity index (χ0) is 12.9. The number of rotatable bonds is 7. The molecule has 0 rings (SSSR count). The third-order valence-corrected chi connectivity index (χ3v) is 3.28. The zero-order valence-corrected chi connectivity index (χ0v) is 10.7. The molecule has 1 atom stereocenters. The van der Waals surface area contributed by atoms with Crippen molar-refractivity contribution < 1.29 is 18.3 Å². The molecule has 0 radical (unpaired) electrons. The lowest BCUT2D eigenvalue weighted by molar-refractivity contribution is -0.139. The first-order valence-corrected chi connectivity index (χ1v) is 6.66. The maximum absolute atomic E-state index is 11.5. The fraction of sp³-hybridized carbons (Fsp3) is 0.700. The van der Waals surface area contributed by atoms with Crippen molar-refractivity contribution >= 4 is 16.0 Å². The number of carboxylic acids is 1. The van der Waals surface area contributed by atoms with Gasteiger partial charge in [0.2, 0.25) is 10.0 Å². The number of sulfonamides is 1. The smallest absolute Gasteiger partial charge is 0.321 e. The monoisotopic (exact) mass is 249 g/mol. The van der Waals surface area contributed by atoms with Crippen LogP contribution in [0.4, 0.5) is 0 Å². The van der Waals surface area contributed by atoms with Gasteiger partial charge in [0.1, 0.15) is 6.04 Å². The molecule has 5 nitrogen and oxygen atoms in total. The summed E-state index contributed by atoms with van der Waals surface area (Å²) in [5, 5.41) is 8.87. The van der Waals surface area contributed by atoms with Gasteiger partial charge in [0.25, 0.3) is 0 Å². The summed E-state index contributed by atoms with van der Waals surface area (Å²) in [5.41, 5.74) is 0.473.